The van der Waals surface area contributed by atoms with Crippen molar-refractivity contribution in [1.29, 1.82) is 0 Å². The van der Waals surface area contributed by atoms with Gasteiger partial charge in [0.1, 0.15) is 6.61 Å². The van der Waals surface area contributed by atoms with Gasteiger partial charge in [-0.15, -0.1) is 23.4 Å². The number of hydrogen-bond acceptors (Lipinski definition) is 6. The van der Waals surface area contributed by atoms with Crippen LogP contribution < -0.4 is 0 Å². The first-order valence-corrected chi connectivity index (χ1v) is 14.5. The molecule has 13 heteroatoms. The van der Waals surface area contributed by atoms with Gasteiger partial charge >= 0.3 is 18.3 Å². The van der Waals surface area contributed by atoms with Gasteiger partial charge in [-0.2, -0.15) is 26.3 Å². The molecule has 1 aliphatic heterocycles. The van der Waals surface area contributed by atoms with Crippen LogP contribution in [0.3, 0.4) is 0 Å². The maximum atomic E-state index is 13.1. The number of benzene rings is 1. The number of hydrogen-bond donors (Lipinski definition) is 0. The number of unbranched alkanes of at least 4 members (excludes halogenated alkanes) is 1. The van der Waals surface area contributed by atoms with E-state index in [2.05, 4.69) is 4.90 Å². The van der Waals surface area contributed by atoms with Crippen molar-refractivity contribution in [1.82, 2.24) is 4.90 Å². The number of rotatable bonds is 13. The predicted octanol–water partition coefficient (Wildman–Crippen LogP) is 6.51. The zero-order chi connectivity index (χ0) is 28.5. The minimum atomic E-state index is -4.87. The fraction of sp³-hybridized carbons (Fsp3) is 0.731. The summed E-state index contributed by atoms with van der Waals surface area (Å²) >= 11 is 7.43. The number of carbonyl (C=O) groups is 1. The second kappa shape index (κ2) is 15.1. The second-order valence-corrected chi connectivity index (χ2v) is 11.4. The molecule has 0 N–H and O–H groups in total. The van der Waals surface area contributed by atoms with E-state index in [1.54, 1.807) is 0 Å². The molecule has 1 heterocycles. The third-order valence-electron chi connectivity index (χ3n) is 6.91. The molecule has 39 heavy (non-hydrogen) atoms. The molecule has 0 amide bonds. The number of halogens is 7. The molecular formula is C26H34ClF6NO4S. The van der Waals surface area contributed by atoms with Gasteiger partial charge in [0.15, 0.2) is 0 Å². The van der Waals surface area contributed by atoms with Crippen LogP contribution in [-0.2, 0) is 31.4 Å². The molecule has 0 radical (unpaired) electrons. The van der Waals surface area contributed by atoms with Gasteiger partial charge < -0.3 is 14.2 Å². The van der Waals surface area contributed by atoms with Crippen molar-refractivity contribution >= 4 is 29.3 Å². The van der Waals surface area contributed by atoms with Crippen LogP contribution in [0.25, 0.3) is 0 Å². The summed E-state index contributed by atoms with van der Waals surface area (Å²) in [6.07, 6.45) is -6.76. The summed E-state index contributed by atoms with van der Waals surface area (Å²) in [5.74, 6) is 0.0341. The minimum absolute atomic E-state index is 0.00261. The van der Waals surface area contributed by atoms with Crippen molar-refractivity contribution in [2.24, 2.45) is 11.8 Å². The maximum Gasteiger partial charge on any atom is 0.416 e. The predicted molar refractivity (Wildman–Crippen MR) is 136 cm³/mol. The Morgan fingerprint density at radius 1 is 1.00 bits per heavy atom. The maximum absolute atomic E-state index is 13.1. The number of carbonyl (C=O) groups excluding carboxylic acids is 1. The molecule has 0 bridgehead atoms. The number of morpholine rings is 1. The first kappa shape index (κ1) is 32.3. The highest BCUT2D eigenvalue weighted by Crippen LogP contribution is 2.42. The van der Waals surface area contributed by atoms with Gasteiger partial charge in [-0.25, -0.2) is 0 Å². The van der Waals surface area contributed by atoms with Crippen LogP contribution >= 0.6 is 23.4 Å². The molecule has 1 saturated carbocycles. The lowest BCUT2D eigenvalue weighted by molar-refractivity contribution is -0.145. The van der Waals surface area contributed by atoms with E-state index < -0.39 is 23.5 Å². The van der Waals surface area contributed by atoms with Gasteiger partial charge in [0, 0.05) is 54.6 Å². The van der Waals surface area contributed by atoms with E-state index in [1.165, 1.54) is 0 Å². The Morgan fingerprint density at radius 2 is 1.67 bits per heavy atom. The van der Waals surface area contributed by atoms with Crippen LogP contribution in [0.15, 0.2) is 23.1 Å². The Labute approximate surface area is 233 Å². The molecular weight excluding hydrogens is 572 g/mol. The fourth-order valence-corrected chi connectivity index (χ4v) is 6.28. The Hall–Kier alpha value is -1.21. The highest BCUT2D eigenvalue weighted by Gasteiger charge is 2.38. The Bertz CT molecular complexity index is 881. The monoisotopic (exact) mass is 605 g/mol. The van der Waals surface area contributed by atoms with E-state index in [-0.39, 0.29) is 34.1 Å². The quantitative estimate of drug-likeness (QED) is 0.0840. The van der Waals surface area contributed by atoms with E-state index in [4.69, 9.17) is 25.8 Å². The van der Waals surface area contributed by atoms with Gasteiger partial charge in [0.25, 0.3) is 0 Å². The highest BCUT2D eigenvalue weighted by molar-refractivity contribution is 7.99. The van der Waals surface area contributed by atoms with Crippen molar-refractivity contribution in [3.63, 3.8) is 0 Å². The van der Waals surface area contributed by atoms with Crippen LogP contribution in [0.2, 0.25) is 0 Å². The Kier molecular flexibility index (Phi) is 12.5. The second-order valence-electron chi connectivity index (χ2n) is 9.78. The average molecular weight is 606 g/mol. The lowest BCUT2D eigenvalue weighted by Crippen LogP contribution is -2.38. The van der Waals surface area contributed by atoms with Crippen molar-refractivity contribution in [2.75, 3.05) is 58.4 Å². The number of nitrogens with zero attached hydrogens (tertiary/aromatic N) is 1. The summed E-state index contributed by atoms with van der Waals surface area (Å²) in [5.41, 5.74) is -2.63. The van der Waals surface area contributed by atoms with Crippen LogP contribution in [0, 0.1) is 11.8 Å². The van der Waals surface area contributed by atoms with Gasteiger partial charge in [-0.05, 0) is 49.8 Å². The standard InChI is InChI=1S/C26H34ClF6NO4S/c27-23-5-4-18(17-39-21-14-19(25(28,29)30)13-20(15-21)26(31,32)33)22(23)16-37-9-2-1-3-24(35)38-12-8-34-6-10-36-11-7-34/h13-15,18,22-23H,1-12,16-17H2/t18-,22-,23?/m1/s1. The number of ether oxygens (including phenoxy) is 3. The van der Waals surface area contributed by atoms with E-state index in [9.17, 15) is 31.1 Å². The average Bonchev–Trinajstić information content (AvgIpc) is 3.23. The molecule has 1 aromatic carbocycles. The first-order chi connectivity index (χ1) is 18.4. The molecule has 1 aliphatic carbocycles. The molecule has 0 spiro atoms. The molecule has 5 nitrogen and oxygen atoms in total. The molecule has 1 saturated heterocycles. The van der Waals surface area contributed by atoms with E-state index in [0.29, 0.717) is 71.0 Å². The third kappa shape index (κ3) is 10.9. The van der Waals surface area contributed by atoms with E-state index in [0.717, 1.165) is 43.4 Å². The molecule has 1 aromatic rings. The summed E-state index contributed by atoms with van der Waals surface area (Å²) < 4.78 is 95.2. The molecule has 1 unspecified atom stereocenters. The first-order valence-electron chi connectivity index (χ1n) is 13.0. The molecule has 3 atom stereocenters. The normalized spacial score (nSPS) is 22.8. The summed E-state index contributed by atoms with van der Waals surface area (Å²) in [6, 6.07) is 1.65. The smallest absolute Gasteiger partial charge is 0.416 e. The lowest BCUT2D eigenvalue weighted by atomic mass is 9.99. The summed E-state index contributed by atoms with van der Waals surface area (Å²) in [7, 11) is 0. The zero-order valence-electron chi connectivity index (χ0n) is 21.5. The summed E-state index contributed by atoms with van der Waals surface area (Å²) in [6.45, 7) is 4.87. The van der Waals surface area contributed by atoms with Crippen LogP contribution in [-0.4, -0.2) is 74.7 Å². The van der Waals surface area contributed by atoms with Crippen LogP contribution in [0.4, 0.5) is 26.3 Å². The molecule has 222 valence electrons. The van der Waals surface area contributed by atoms with Gasteiger partial charge in [-0.3, -0.25) is 9.69 Å². The summed E-state index contributed by atoms with van der Waals surface area (Å²) in [5, 5.41) is -0.177. The number of alkyl halides is 7. The van der Waals surface area contributed by atoms with E-state index >= 15 is 0 Å². The van der Waals surface area contributed by atoms with Crippen molar-refractivity contribution in [3.05, 3.63) is 29.3 Å². The van der Waals surface area contributed by atoms with Crippen molar-refractivity contribution < 1.29 is 45.3 Å². The molecule has 2 fully saturated rings. The van der Waals surface area contributed by atoms with Crippen molar-refractivity contribution in [2.45, 2.75) is 54.7 Å². The zero-order valence-corrected chi connectivity index (χ0v) is 23.1. The number of thioether (sulfide) groups is 1. The summed E-state index contributed by atoms with van der Waals surface area (Å²) in [4.78, 5) is 14.0. The highest BCUT2D eigenvalue weighted by atomic mass is 35.5. The molecule has 2 aliphatic rings. The van der Waals surface area contributed by atoms with E-state index in [1.807, 2.05) is 0 Å². The topological polar surface area (TPSA) is 48.0 Å². The van der Waals surface area contributed by atoms with Crippen LogP contribution in [0.1, 0.15) is 43.2 Å². The van der Waals surface area contributed by atoms with Gasteiger partial charge in [0.05, 0.1) is 30.9 Å². The van der Waals surface area contributed by atoms with Gasteiger partial charge in [-0.1, -0.05) is 0 Å². The third-order valence-corrected chi connectivity index (χ3v) is 8.62. The Balaban J connectivity index is 1.37. The van der Waals surface area contributed by atoms with Gasteiger partial charge in [0.2, 0.25) is 0 Å². The molecule has 3 rings (SSSR count). The van der Waals surface area contributed by atoms with Crippen molar-refractivity contribution in [3.8, 4) is 0 Å². The van der Waals surface area contributed by atoms with Crippen LogP contribution in [0.5, 0.6) is 0 Å². The minimum Gasteiger partial charge on any atom is -0.464 e. The SMILES string of the molecule is O=C(CCCCOC[C@H]1C(Cl)CC[C@@H]1CSc1cc(C(F)(F)F)cc(C(F)(F)F)c1)OCCN1CCOCC1. The Morgan fingerprint density at radius 3 is 2.31 bits per heavy atom. The largest absolute Gasteiger partial charge is 0.464 e. The lowest BCUT2D eigenvalue weighted by Gasteiger charge is -2.26. The molecule has 0 aromatic heterocycles. The number of esters is 1. The fourth-order valence-electron chi connectivity index (χ4n) is 4.64.